The number of amides is 1. The zero-order valence-electron chi connectivity index (χ0n) is 14.0. The molecule has 2 N–H and O–H groups in total. The predicted octanol–water partition coefficient (Wildman–Crippen LogP) is 4.75. The fourth-order valence-electron chi connectivity index (χ4n) is 2.51. The van der Waals surface area contributed by atoms with Crippen molar-refractivity contribution in [3.8, 4) is 5.75 Å². The topological polar surface area (TPSA) is 49.3 Å². The number of phenols is 1. The highest BCUT2D eigenvalue weighted by Gasteiger charge is 2.21. The second kappa shape index (κ2) is 7.55. The van der Waals surface area contributed by atoms with Crippen LogP contribution in [0.1, 0.15) is 34.4 Å². The van der Waals surface area contributed by atoms with Crippen LogP contribution in [0.15, 0.2) is 36.4 Å². The number of hydrogen-bond donors (Lipinski definition) is 2. The molecule has 0 bridgehead atoms. The molecule has 0 aromatic heterocycles. The second-order valence-electron chi connectivity index (χ2n) is 5.57. The molecule has 0 spiro atoms. The van der Waals surface area contributed by atoms with Gasteiger partial charge < -0.3 is 10.4 Å². The Kier molecular flexibility index (Phi) is 5.72. The summed E-state index contributed by atoms with van der Waals surface area (Å²) in [7, 11) is 0. The van der Waals surface area contributed by atoms with Crippen LogP contribution in [0.4, 0.5) is 5.69 Å². The minimum atomic E-state index is -0.241. The van der Waals surface area contributed by atoms with Crippen molar-refractivity contribution in [3.05, 3.63) is 58.7 Å². The Morgan fingerprint density at radius 2 is 1.83 bits per heavy atom. The molecular formula is C19H23NO2S. The van der Waals surface area contributed by atoms with Gasteiger partial charge in [0.2, 0.25) is 5.91 Å². The minimum absolute atomic E-state index is 0.0318. The lowest BCUT2D eigenvalue weighted by atomic mass is 10.0. The summed E-state index contributed by atoms with van der Waals surface area (Å²) in [6, 6.07) is 11.6. The first kappa shape index (κ1) is 17.4. The Bertz CT molecular complexity index is 698. The molecule has 0 aliphatic heterocycles. The van der Waals surface area contributed by atoms with E-state index in [2.05, 4.69) is 5.32 Å². The molecule has 2 rings (SSSR count). The SMILES string of the molecule is CCS[C@H](C(=O)Nc1cc(C)c(O)c(C)c1C)c1ccccc1. The van der Waals surface area contributed by atoms with Gasteiger partial charge in [0.05, 0.1) is 0 Å². The van der Waals surface area contributed by atoms with Gasteiger partial charge in [-0.15, -0.1) is 11.8 Å². The zero-order valence-corrected chi connectivity index (χ0v) is 14.8. The van der Waals surface area contributed by atoms with Crippen molar-refractivity contribution in [2.45, 2.75) is 32.9 Å². The van der Waals surface area contributed by atoms with Crippen molar-refractivity contribution in [1.82, 2.24) is 0 Å². The van der Waals surface area contributed by atoms with E-state index in [1.54, 1.807) is 11.8 Å². The van der Waals surface area contributed by atoms with Crippen LogP contribution in [0, 0.1) is 20.8 Å². The monoisotopic (exact) mass is 329 g/mol. The van der Waals surface area contributed by atoms with Crippen LogP contribution in [0.3, 0.4) is 0 Å². The first-order valence-corrected chi connectivity index (χ1v) is 8.77. The van der Waals surface area contributed by atoms with E-state index in [1.807, 2.05) is 64.1 Å². The normalized spacial score (nSPS) is 12.0. The number of phenolic OH excluding ortho intramolecular Hbond substituents is 1. The zero-order chi connectivity index (χ0) is 17.0. The van der Waals surface area contributed by atoms with Crippen molar-refractivity contribution in [1.29, 1.82) is 0 Å². The smallest absolute Gasteiger partial charge is 0.242 e. The fraction of sp³-hybridized carbons (Fsp3) is 0.316. The summed E-state index contributed by atoms with van der Waals surface area (Å²) in [6.45, 7) is 7.66. The maximum absolute atomic E-state index is 12.8. The number of nitrogens with one attached hydrogen (secondary N) is 1. The number of aromatic hydroxyl groups is 1. The number of carbonyl (C=O) groups is 1. The van der Waals surface area contributed by atoms with Gasteiger partial charge >= 0.3 is 0 Å². The molecule has 3 nitrogen and oxygen atoms in total. The summed E-state index contributed by atoms with van der Waals surface area (Å²) < 4.78 is 0. The third kappa shape index (κ3) is 3.88. The van der Waals surface area contributed by atoms with E-state index in [0.717, 1.165) is 33.7 Å². The van der Waals surface area contributed by atoms with Gasteiger partial charge in [-0.05, 0) is 54.8 Å². The van der Waals surface area contributed by atoms with E-state index in [1.165, 1.54) is 0 Å². The van der Waals surface area contributed by atoms with Crippen LogP contribution < -0.4 is 5.32 Å². The largest absolute Gasteiger partial charge is 0.507 e. The van der Waals surface area contributed by atoms with Crippen LogP contribution in [0.25, 0.3) is 0 Å². The van der Waals surface area contributed by atoms with E-state index in [9.17, 15) is 9.90 Å². The van der Waals surface area contributed by atoms with Gasteiger partial charge in [-0.3, -0.25) is 4.79 Å². The lowest BCUT2D eigenvalue weighted by molar-refractivity contribution is -0.115. The van der Waals surface area contributed by atoms with Gasteiger partial charge in [0.15, 0.2) is 0 Å². The highest BCUT2D eigenvalue weighted by atomic mass is 32.2. The van der Waals surface area contributed by atoms with Crippen LogP contribution in [-0.2, 0) is 4.79 Å². The highest BCUT2D eigenvalue weighted by Crippen LogP contribution is 2.33. The molecule has 1 amide bonds. The lowest BCUT2D eigenvalue weighted by Crippen LogP contribution is -2.20. The van der Waals surface area contributed by atoms with Crippen LogP contribution in [-0.4, -0.2) is 16.8 Å². The van der Waals surface area contributed by atoms with Gasteiger partial charge in [0.25, 0.3) is 0 Å². The van der Waals surface area contributed by atoms with Gasteiger partial charge in [-0.2, -0.15) is 0 Å². The predicted molar refractivity (Wildman–Crippen MR) is 98.3 cm³/mol. The van der Waals surface area contributed by atoms with E-state index < -0.39 is 0 Å². The lowest BCUT2D eigenvalue weighted by Gasteiger charge is -2.19. The summed E-state index contributed by atoms with van der Waals surface area (Å²) in [5.74, 6) is 1.12. The molecule has 2 aromatic rings. The maximum Gasteiger partial charge on any atom is 0.242 e. The molecule has 4 heteroatoms. The molecular weight excluding hydrogens is 306 g/mol. The summed E-state index contributed by atoms with van der Waals surface area (Å²) >= 11 is 1.61. The van der Waals surface area contributed by atoms with E-state index in [0.29, 0.717) is 5.75 Å². The summed E-state index contributed by atoms with van der Waals surface area (Å²) in [4.78, 5) is 12.8. The van der Waals surface area contributed by atoms with Gasteiger partial charge in [-0.25, -0.2) is 0 Å². The van der Waals surface area contributed by atoms with Gasteiger partial charge in [-0.1, -0.05) is 37.3 Å². The Morgan fingerprint density at radius 3 is 2.43 bits per heavy atom. The molecule has 2 aromatic carbocycles. The molecule has 23 heavy (non-hydrogen) atoms. The molecule has 1 atom stereocenters. The maximum atomic E-state index is 12.8. The number of hydrogen-bond acceptors (Lipinski definition) is 3. The number of anilines is 1. The Balaban J connectivity index is 2.30. The van der Waals surface area contributed by atoms with Crippen LogP contribution in [0.2, 0.25) is 0 Å². The van der Waals surface area contributed by atoms with E-state index in [-0.39, 0.29) is 11.2 Å². The van der Waals surface area contributed by atoms with Crippen LogP contribution in [0.5, 0.6) is 5.75 Å². The molecule has 122 valence electrons. The molecule has 0 aliphatic carbocycles. The first-order valence-electron chi connectivity index (χ1n) is 7.72. The number of benzene rings is 2. The number of carbonyl (C=O) groups excluding carboxylic acids is 1. The average Bonchev–Trinajstić information content (AvgIpc) is 2.56. The quantitative estimate of drug-likeness (QED) is 0.778. The molecule has 0 saturated carbocycles. The molecule has 0 heterocycles. The molecule has 0 aliphatic rings. The Labute approximate surface area is 142 Å². The summed E-state index contributed by atoms with van der Waals surface area (Å²) in [5.41, 5.74) is 4.24. The Morgan fingerprint density at radius 1 is 1.17 bits per heavy atom. The van der Waals surface area contributed by atoms with E-state index in [4.69, 9.17) is 0 Å². The number of thioether (sulfide) groups is 1. The van der Waals surface area contributed by atoms with Gasteiger partial charge in [0, 0.05) is 5.69 Å². The molecule has 0 fully saturated rings. The first-order chi connectivity index (χ1) is 11.0. The van der Waals surface area contributed by atoms with Gasteiger partial charge in [0.1, 0.15) is 11.0 Å². The van der Waals surface area contributed by atoms with Crippen LogP contribution >= 0.6 is 11.8 Å². The Hall–Kier alpha value is -1.94. The van der Waals surface area contributed by atoms with E-state index >= 15 is 0 Å². The van der Waals surface area contributed by atoms with Crippen molar-refractivity contribution in [2.75, 3.05) is 11.1 Å². The molecule has 0 radical (unpaired) electrons. The van der Waals surface area contributed by atoms with Crippen molar-refractivity contribution in [2.24, 2.45) is 0 Å². The fourth-order valence-corrected chi connectivity index (χ4v) is 3.41. The molecule has 0 saturated heterocycles. The van der Waals surface area contributed by atoms with Crippen molar-refractivity contribution >= 4 is 23.4 Å². The second-order valence-corrected chi connectivity index (χ2v) is 6.96. The van der Waals surface area contributed by atoms with Crippen molar-refractivity contribution in [3.63, 3.8) is 0 Å². The average molecular weight is 329 g/mol. The third-order valence-corrected chi connectivity index (χ3v) is 5.14. The van der Waals surface area contributed by atoms with Crippen molar-refractivity contribution < 1.29 is 9.90 Å². The standard InChI is InChI=1S/C19H23NO2S/c1-5-23-18(15-9-7-6-8-10-15)19(22)20-16-11-12(2)17(21)14(4)13(16)3/h6-11,18,21H,5H2,1-4H3,(H,20,22)/t18-/m0/s1. The summed E-state index contributed by atoms with van der Waals surface area (Å²) in [5, 5.41) is 12.8. The number of rotatable bonds is 5. The molecule has 0 unspecified atom stereocenters. The highest BCUT2D eigenvalue weighted by molar-refractivity contribution is 8.00. The number of aryl methyl sites for hydroxylation is 1. The third-order valence-electron chi connectivity index (χ3n) is 3.99. The summed E-state index contributed by atoms with van der Waals surface area (Å²) in [6.07, 6.45) is 0. The minimum Gasteiger partial charge on any atom is -0.507 e.